The van der Waals surface area contributed by atoms with E-state index in [9.17, 15) is 4.79 Å². The van der Waals surface area contributed by atoms with Crippen LogP contribution in [0.25, 0.3) is 0 Å². The molecular weight excluding hydrogens is 292 g/mol. The number of hydrogen-bond acceptors (Lipinski definition) is 4. The molecule has 6 heteroatoms. The van der Waals surface area contributed by atoms with Gasteiger partial charge >= 0.3 is 5.97 Å². The summed E-state index contributed by atoms with van der Waals surface area (Å²) in [6, 6.07) is 9.26. The van der Waals surface area contributed by atoms with Gasteiger partial charge in [0, 0.05) is 24.2 Å². The number of hydrogen-bond donors (Lipinski definition) is 1. The highest BCUT2D eigenvalue weighted by Crippen LogP contribution is 2.22. The van der Waals surface area contributed by atoms with Gasteiger partial charge < -0.3 is 14.5 Å². The Hall–Kier alpha value is -2.01. The fourth-order valence-electron chi connectivity index (χ4n) is 1.98. The Morgan fingerprint density at radius 1 is 1.48 bits per heavy atom. The average Bonchev–Trinajstić information content (AvgIpc) is 2.86. The molecule has 1 unspecified atom stereocenters. The van der Waals surface area contributed by atoms with Crippen molar-refractivity contribution in [3.63, 3.8) is 0 Å². The minimum Gasteiger partial charge on any atom is -0.481 e. The third-order valence-corrected chi connectivity index (χ3v) is 3.54. The zero-order chi connectivity index (χ0) is 15.4. The number of carbonyl (C=O) groups is 1. The molecule has 0 saturated carbocycles. The lowest BCUT2D eigenvalue weighted by Crippen LogP contribution is -2.31. The first-order chi connectivity index (χ1) is 9.97. The maximum Gasteiger partial charge on any atom is 0.308 e. The second-order valence-electron chi connectivity index (χ2n) is 5.01. The summed E-state index contributed by atoms with van der Waals surface area (Å²) < 4.78 is 5.08. The molecule has 1 N–H and O–H groups in total. The van der Waals surface area contributed by atoms with Gasteiger partial charge in [0.1, 0.15) is 5.76 Å². The fraction of sp³-hybridized carbons (Fsp3) is 0.333. The molecule has 2 aromatic rings. The van der Waals surface area contributed by atoms with Crippen LogP contribution in [0.3, 0.4) is 0 Å². The van der Waals surface area contributed by atoms with Crippen molar-refractivity contribution in [3.05, 3.63) is 46.7 Å². The molecule has 1 atom stereocenters. The summed E-state index contributed by atoms with van der Waals surface area (Å²) in [4.78, 5) is 13.0. The lowest BCUT2D eigenvalue weighted by Gasteiger charge is -2.24. The normalized spacial score (nSPS) is 12.1. The van der Waals surface area contributed by atoms with Crippen molar-refractivity contribution in [1.82, 2.24) is 5.16 Å². The number of aryl methyl sites for hydroxylation is 1. The van der Waals surface area contributed by atoms with E-state index < -0.39 is 11.9 Å². The number of nitrogens with zero attached hydrogens (tertiary/aromatic N) is 2. The summed E-state index contributed by atoms with van der Waals surface area (Å²) in [7, 11) is 0. The number of aromatic nitrogens is 1. The SMILES string of the molecule is Cc1cc(N(Cc2ccccc2Cl)CC(C)C(=O)O)no1. The van der Waals surface area contributed by atoms with Crippen molar-refractivity contribution in [2.24, 2.45) is 5.92 Å². The van der Waals surface area contributed by atoms with Crippen molar-refractivity contribution in [3.8, 4) is 0 Å². The lowest BCUT2D eigenvalue weighted by molar-refractivity contribution is -0.140. The van der Waals surface area contributed by atoms with Crippen LogP contribution in [0.15, 0.2) is 34.9 Å². The predicted octanol–water partition coefficient (Wildman–Crippen LogP) is 3.36. The summed E-state index contributed by atoms with van der Waals surface area (Å²) in [5.41, 5.74) is 0.914. The Kier molecular flexibility index (Phi) is 4.85. The fourth-order valence-corrected chi connectivity index (χ4v) is 2.18. The first-order valence-corrected chi connectivity index (χ1v) is 6.99. The zero-order valence-electron chi connectivity index (χ0n) is 11.9. The highest BCUT2D eigenvalue weighted by atomic mass is 35.5. The Labute approximate surface area is 128 Å². The summed E-state index contributed by atoms with van der Waals surface area (Å²) in [5.74, 6) is -0.0819. The van der Waals surface area contributed by atoms with Crippen LogP contribution >= 0.6 is 11.6 Å². The van der Waals surface area contributed by atoms with Crippen molar-refractivity contribution in [1.29, 1.82) is 0 Å². The Morgan fingerprint density at radius 3 is 2.76 bits per heavy atom. The van der Waals surface area contributed by atoms with Crippen molar-refractivity contribution in [2.75, 3.05) is 11.4 Å². The van der Waals surface area contributed by atoms with Crippen LogP contribution in [0.2, 0.25) is 5.02 Å². The average molecular weight is 309 g/mol. The molecule has 0 radical (unpaired) electrons. The van der Waals surface area contributed by atoms with E-state index in [2.05, 4.69) is 5.16 Å². The van der Waals surface area contributed by atoms with E-state index in [4.69, 9.17) is 21.2 Å². The van der Waals surface area contributed by atoms with Gasteiger partial charge in [0.2, 0.25) is 0 Å². The standard InChI is InChI=1S/C15H17ClN2O3/c1-10(15(19)20)8-18(14-7-11(2)21-17-14)9-12-5-3-4-6-13(12)16/h3-7,10H,8-9H2,1-2H3,(H,19,20). The highest BCUT2D eigenvalue weighted by Gasteiger charge is 2.20. The van der Waals surface area contributed by atoms with E-state index in [0.717, 1.165) is 5.56 Å². The molecule has 1 aromatic carbocycles. The summed E-state index contributed by atoms with van der Waals surface area (Å²) in [6.45, 7) is 4.26. The van der Waals surface area contributed by atoms with Crippen molar-refractivity contribution < 1.29 is 14.4 Å². The van der Waals surface area contributed by atoms with Gasteiger partial charge in [-0.15, -0.1) is 0 Å². The smallest absolute Gasteiger partial charge is 0.308 e. The lowest BCUT2D eigenvalue weighted by atomic mass is 10.1. The maximum absolute atomic E-state index is 11.1. The topological polar surface area (TPSA) is 66.6 Å². The van der Waals surface area contributed by atoms with Crippen LogP contribution in [0.4, 0.5) is 5.82 Å². The Balaban J connectivity index is 2.23. The third kappa shape index (κ3) is 3.98. The van der Waals surface area contributed by atoms with Gasteiger partial charge in [-0.25, -0.2) is 0 Å². The van der Waals surface area contributed by atoms with Gasteiger partial charge in [-0.1, -0.05) is 41.9 Å². The monoisotopic (exact) mass is 308 g/mol. The Morgan fingerprint density at radius 2 is 2.19 bits per heavy atom. The van der Waals surface area contributed by atoms with Gasteiger partial charge in [0.05, 0.1) is 5.92 Å². The molecule has 0 fully saturated rings. The van der Waals surface area contributed by atoms with E-state index in [1.807, 2.05) is 29.2 Å². The van der Waals surface area contributed by atoms with E-state index in [1.165, 1.54) is 0 Å². The first kappa shape index (κ1) is 15.4. The minimum absolute atomic E-state index is 0.326. The highest BCUT2D eigenvalue weighted by molar-refractivity contribution is 6.31. The number of halogens is 1. The molecule has 0 bridgehead atoms. The molecule has 0 spiro atoms. The second kappa shape index (κ2) is 6.63. The number of carboxylic acids is 1. The van der Waals surface area contributed by atoms with Crippen LogP contribution in [-0.2, 0) is 11.3 Å². The number of carboxylic acid groups (broad SMARTS) is 1. The van der Waals surface area contributed by atoms with Gasteiger partial charge in [0.15, 0.2) is 5.82 Å². The van der Waals surface area contributed by atoms with E-state index >= 15 is 0 Å². The van der Waals surface area contributed by atoms with E-state index in [0.29, 0.717) is 29.7 Å². The Bertz CT molecular complexity index is 627. The molecular formula is C15H17ClN2O3. The van der Waals surface area contributed by atoms with Gasteiger partial charge in [0.25, 0.3) is 0 Å². The largest absolute Gasteiger partial charge is 0.481 e. The van der Waals surface area contributed by atoms with Crippen LogP contribution in [0.1, 0.15) is 18.2 Å². The number of anilines is 1. The summed E-state index contributed by atoms with van der Waals surface area (Å²) >= 11 is 6.17. The molecule has 0 aliphatic heterocycles. The molecule has 2 rings (SSSR count). The first-order valence-electron chi connectivity index (χ1n) is 6.62. The third-order valence-electron chi connectivity index (χ3n) is 3.17. The van der Waals surface area contributed by atoms with Crippen molar-refractivity contribution >= 4 is 23.4 Å². The van der Waals surface area contributed by atoms with Crippen LogP contribution in [0.5, 0.6) is 0 Å². The molecule has 1 heterocycles. The summed E-state index contributed by atoms with van der Waals surface area (Å²) in [5, 5.41) is 13.7. The molecule has 1 aromatic heterocycles. The number of benzene rings is 1. The molecule has 0 saturated heterocycles. The van der Waals surface area contributed by atoms with Gasteiger partial charge in [-0.3, -0.25) is 4.79 Å². The molecule has 5 nitrogen and oxygen atoms in total. The van der Waals surface area contributed by atoms with Crippen LogP contribution < -0.4 is 4.90 Å². The molecule has 0 aliphatic carbocycles. The molecule has 0 aliphatic rings. The maximum atomic E-state index is 11.1. The summed E-state index contributed by atoms with van der Waals surface area (Å²) in [6.07, 6.45) is 0. The number of rotatable bonds is 6. The van der Waals surface area contributed by atoms with Crippen LogP contribution in [-0.4, -0.2) is 22.8 Å². The van der Waals surface area contributed by atoms with Crippen molar-refractivity contribution in [2.45, 2.75) is 20.4 Å². The number of aliphatic carboxylic acids is 1. The second-order valence-corrected chi connectivity index (χ2v) is 5.41. The quantitative estimate of drug-likeness (QED) is 0.886. The molecule has 0 amide bonds. The molecule has 112 valence electrons. The minimum atomic E-state index is -0.848. The van der Waals surface area contributed by atoms with E-state index in [-0.39, 0.29) is 0 Å². The predicted molar refractivity (Wildman–Crippen MR) is 80.5 cm³/mol. The van der Waals surface area contributed by atoms with Gasteiger partial charge in [-0.2, -0.15) is 0 Å². The van der Waals surface area contributed by atoms with E-state index in [1.54, 1.807) is 19.9 Å². The van der Waals surface area contributed by atoms with Gasteiger partial charge in [-0.05, 0) is 18.6 Å². The molecule has 21 heavy (non-hydrogen) atoms. The zero-order valence-corrected chi connectivity index (χ0v) is 12.7. The van der Waals surface area contributed by atoms with Crippen LogP contribution in [0, 0.1) is 12.8 Å².